The minimum atomic E-state index is -0.636. The van der Waals surface area contributed by atoms with Gasteiger partial charge in [0.1, 0.15) is 6.10 Å². The average molecular weight is 189 g/mol. The van der Waals surface area contributed by atoms with E-state index in [1.165, 1.54) is 0 Å². The maximum atomic E-state index is 10.4. The molecule has 12 heavy (non-hydrogen) atoms. The first-order chi connectivity index (χ1) is 5.72. The predicted octanol–water partition coefficient (Wildman–Crippen LogP) is 1.76. The molecular weight excluding hydrogens is 174 g/mol. The third-order valence-electron chi connectivity index (χ3n) is 2.24. The molecule has 0 aliphatic heterocycles. The maximum Gasteiger partial charge on any atom is 0.404 e. The Balaban J connectivity index is 2.21. The molecule has 0 aromatic carbocycles. The maximum absolute atomic E-state index is 10.4. The van der Waals surface area contributed by atoms with E-state index in [1.54, 1.807) is 0 Å². The fraction of sp³-hybridized carbons (Fsp3) is 0.875. The Bertz CT molecular complexity index is 155. The fourth-order valence-corrected chi connectivity index (χ4v) is 2.29. The van der Waals surface area contributed by atoms with E-state index in [-0.39, 0.29) is 6.10 Å². The van der Waals surface area contributed by atoms with Crippen LogP contribution in [0.4, 0.5) is 4.79 Å². The number of thioether (sulfide) groups is 1. The number of nitrogens with two attached hydrogens (primary N) is 1. The molecule has 0 radical (unpaired) electrons. The van der Waals surface area contributed by atoms with Gasteiger partial charge in [0.2, 0.25) is 0 Å². The predicted molar refractivity (Wildman–Crippen MR) is 50.2 cm³/mol. The minimum absolute atomic E-state index is 0.0749. The van der Waals surface area contributed by atoms with Crippen LogP contribution in [0.15, 0.2) is 0 Å². The molecule has 2 N–H and O–H groups in total. The molecule has 0 heterocycles. The van der Waals surface area contributed by atoms with E-state index in [4.69, 9.17) is 10.5 Å². The van der Waals surface area contributed by atoms with Gasteiger partial charge in [0.05, 0.1) is 0 Å². The van der Waals surface area contributed by atoms with Crippen LogP contribution in [0.3, 0.4) is 0 Å². The first-order valence-electron chi connectivity index (χ1n) is 4.21. The van der Waals surface area contributed by atoms with E-state index in [1.807, 2.05) is 11.8 Å². The standard InChI is InChI=1S/C8H15NO2S/c1-12-7-4-2-6(3-5-7)11-8(9)10/h6-7H,2-5H2,1H3,(H2,9,10)/t6-,7-. The Kier molecular flexibility index (Phi) is 3.72. The zero-order valence-corrected chi connectivity index (χ0v) is 8.10. The van der Waals surface area contributed by atoms with Gasteiger partial charge in [-0.2, -0.15) is 11.8 Å². The Morgan fingerprint density at radius 3 is 2.42 bits per heavy atom. The summed E-state index contributed by atoms with van der Waals surface area (Å²) in [5, 5.41) is 0.748. The molecular formula is C8H15NO2S. The quantitative estimate of drug-likeness (QED) is 0.720. The van der Waals surface area contributed by atoms with Crippen LogP contribution < -0.4 is 5.73 Å². The molecule has 1 fully saturated rings. The number of carbonyl (C=O) groups excluding carboxylic acids is 1. The van der Waals surface area contributed by atoms with Gasteiger partial charge in [-0.3, -0.25) is 0 Å². The second kappa shape index (κ2) is 4.60. The van der Waals surface area contributed by atoms with Crippen molar-refractivity contribution in [3.05, 3.63) is 0 Å². The van der Waals surface area contributed by atoms with Crippen LogP contribution in [0.1, 0.15) is 25.7 Å². The Hall–Kier alpha value is -0.380. The molecule has 1 aliphatic carbocycles. The molecule has 4 heteroatoms. The molecule has 0 unspecified atom stereocenters. The summed E-state index contributed by atoms with van der Waals surface area (Å²) in [5.41, 5.74) is 4.92. The highest BCUT2D eigenvalue weighted by atomic mass is 32.2. The number of hydrogen-bond acceptors (Lipinski definition) is 3. The zero-order chi connectivity index (χ0) is 8.97. The Labute approximate surface area is 77.0 Å². The van der Waals surface area contributed by atoms with Crippen molar-refractivity contribution in [1.29, 1.82) is 0 Å². The molecule has 1 aliphatic rings. The van der Waals surface area contributed by atoms with Crippen molar-refractivity contribution in [3.63, 3.8) is 0 Å². The minimum Gasteiger partial charge on any atom is -0.446 e. The zero-order valence-electron chi connectivity index (χ0n) is 7.29. The van der Waals surface area contributed by atoms with Gasteiger partial charge in [0.25, 0.3) is 0 Å². The van der Waals surface area contributed by atoms with E-state index >= 15 is 0 Å². The highest BCUT2D eigenvalue weighted by molar-refractivity contribution is 7.99. The van der Waals surface area contributed by atoms with Crippen LogP contribution in [0.5, 0.6) is 0 Å². The summed E-state index contributed by atoms with van der Waals surface area (Å²) < 4.78 is 4.91. The average Bonchev–Trinajstić information content (AvgIpc) is 2.05. The molecule has 0 aromatic heterocycles. The third-order valence-corrected chi connectivity index (χ3v) is 3.38. The van der Waals surface area contributed by atoms with Crippen molar-refractivity contribution in [1.82, 2.24) is 0 Å². The van der Waals surface area contributed by atoms with Crippen LogP contribution in [-0.4, -0.2) is 23.7 Å². The SMILES string of the molecule is CS[C@H]1CC[C@H](OC(N)=O)CC1. The highest BCUT2D eigenvalue weighted by Crippen LogP contribution is 2.28. The van der Waals surface area contributed by atoms with Crippen molar-refractivity contribution < 1.29 is 9.53 Å². The molecule has 70 valence electrons. The van der Waals surface area contributed by atoms with Gasteiger partial charge in [0, 0.05) is 5.25 Å². The van der Waals surface area contributed by atoms with E-state index in [0.717, 1.165) is 30.9 Å². The van der Waals surface area contributed by atoms with Gasteiger partial charge in [0.15, 0.2) is 0 Å². The number of rotatable bonds is 2. The van der Waals surface area contributed by atoms with Gasteiger partial charge in [-0.15, -0.1) is 0 Å². The molecule has 0 spiro atoms. The van der Waals surface area contributed by atoms with E-state index in [9.17, 15) is 4.79 Å². The van der Waals surface area contributed by atoms with E-state index < -0.39 is 6.09 Å². The van der Waals surface area contributed by atoms with Gasteiger partial charge >= 0.3 is 6.09 Å². The topological polar surface area (TPSA) is 52.3 Å². The Morgan fingerprint density at radius 2 is 2.00 bits per heavy atom. The summed E-state index contributed by atoms with van der Waals surface area (Å²) in [4.78, 5) is 10.4. The Morgan fingerprint density at radius 1 is 1.42 bits per heavy atom. The third kappa shape index (κ3) is 2.93. The first-order valence-corrected chi connectivity index (χ1v) is 5.50. The van der Waals surface area contributed by atoms with Gasteiger partial charge in [-0.05, 0) is 31.9 Å². The largest absolute Gasteiger partial charge is 0.446 e. The number of hydrogen-bond donors (Lipinski definition) is 1. The van der Waals surface area contributed by atoms with Crippen LogP contribution in [0.2, 0.25) is 0 Å². The van der Waals surface area contributed by atoms with Crippen molar-refractivity contribution in [2.45, 2.75) is 37.0 Å². The summed E-state index contributed by atoms with van der Waals surface area (Å²) in [7, 11) is 0. The van der Waals surface area contributed by atoms with Crippen molar-refractivity contribution >= 4 is 17.9 Å². The molecule has 0 bridgehead atoms. The number of carbonyl (C=O) groups is 1. The lowest BCUT2D eigenvalue weighted by atomic mass is 9.97. The number of ether oxygens (including phenoxy) is 1. The van der Waals surface area contributed by atoms with Crippen LogP contribution in [0.25, 0.3) is 0 Å². The van der Waals surface area contributed by atoms with Gasteiger partial charge in [-0.25, -0.2) is 4.79 Å². The molecule has 1 saturated carbocycles. The summed E-state index contributed by atoms with van der Waals surface area (Å²) in [6.07, 6.45) is 5.77. The summed E-state index contributed by atoms with van der Waals surface area (Å²) in [6.45, 7) is 0. The lowest BCUT2D eigenvalue weighted by Gasteiger charge is -2.26. The van der Waals surface area contributed by atoms with Crippen molar-refractivity contribution in [2.75, 3.05) is 6.26 Å². The van der Waals surface area contributed by atoms with E-state index in [0.29, 0.717) is 0 Å². The summed E-state index contributed by atoms with van der Waals surface area (Å²) >= 11 is 1.89. The van der Waals surface area contributed by atoms with Gasteiger partial charge < -0.3 is 10.5 Å². The monoisotopic (exact) mass is 189 g/mol. The van der Waals surface area contributed by atoms with Gasteiger partial charge in [-0.1, -0.05) is 0 Å². The number of primary amides is 1. The molecule has 0 atom stereocenters. The molecule has 0 aromatic rings. The highest BCUT2D eigenvalue weighted by Gasteiger charge is 2.22. The van der Waals surface area contributed by atoms with Crippen molar-refractivity contribution in [2.24, 2.45) is 5.73 Å². The smallest absolute Gasteiger partial charge is 0.404 e. The first kappa shape index (κ1) is 9.71. The molecule has 1 amide bonds. The van der Waals surface area contributed by atoms with Crippen LogP contribution in [-0.2, 0) is 4.74 Å². The van der Waals surface area contributed by atoms with Crippen LogP contribution in [0, 0.1) is 0 Å². The fourth-order valence-electron chi connectivity index (χ4n) is 1.55. The van der Waals surface area contributed by atoms with Crippen LogP contribution >= 0.6 is 11.8 Å². The lowest BCUT2D eigenvalue weighted by molar-refractivity contribution is 0.0840. The number of amides is 1. The normalized spacial score (nSPS) is 29.8. The second-order valence-corrected chi connectivity index (χ2v) is 4.21. The van der Waals surface area contributed by atoms with Crippen molar-refractivity contribution in [3.8, 4) is 0 Å². The lowest BCUT2D eigenvalue weighted by Crippen LogP contribution is -2.27. The summed E-state index contributed by atoms with van der Waals surface area (Å²) in [5.74, 6) is 0. The molecule has 3 nitrogen and oxygen atoms in total. The summed E-state index contributed by atoms with van der Waals surface area (Å²) in [6, 6.07) is 0. The molecule has 1 rings (SSSR count). The molecule has 0 saturated heterocycles. The van der Waals surface area contributed by atoms with E-state index in [2.05, 4.69) is 6.26 Å². The second-order valence-electron chi connectivity index (χ2n) is 3.07.